The van der Waals surface area contributed by atoms with Gasteiger partial charge in [0.2, 0.25) is 0 Å². The second-order valence-corrected chi connectivity index (χ2v) is 5.54. The molecule has 1 atom stereocenters. The van der Waals surface area contributed by atoms with Crippen molar-refractivity contribution in [2.45, 2.75) is 25.5 Å². The van der Waals surface area contributed by atoms with Crippen molar-refractivity contribution < 1.29 is 27.1 Å². The fraction of sp³-hybridized carbons (Fsp3) is 0.533. The van der Waals surface area contributed by atoms with E-state index in [0.29, 0.717) is 19.6 Å². The van der Waals surface area contributed by atoms with Crippen molar-refractivity contribution in [1.82, 2.24) is 9.80 Å². The first-order valence-corrected chi connectivity index (χ1v) is 7.16. The van der Waals surface area contributed by atoms with Crippen molar-refractivity contribution in [1.29, 1.82) is 0 Å². The van der Waals surface area contributed by atoms with Gasteiger partial charge in [-0.05, 0) is 26.1 Å². The Morgan fingerprint density at radius 1 is 1.30 bits per heavy atom. The molecule has 1 saturated heterocycles. The van der Waals surface area contributed by atoms with Crippen molar-refractivity contribution >= 4 is 5.91 Å². The van der Waals surface area contributed by atoms with Crippen LogP contribution >= 0.6 is 0 Å². The van der Waals surface area contributed by atoms with Gasteiger partial charge in [-0.25, -0.2) is 0 Å². The van der Waals surface area contributed by atoms with Crippen LogP contribution in [0.25, 0.3) is 0 Å². The molecule has 0 aliphatic carbocycles. The topological polar surface area (TPSA) is 32.8 Å². The third-order valence-electron chi connectivity index (χ3n) is 3.86. The van der Waals surface area contributed by atoms with E-state index in [0.717, 1.165) is 6.07 Å². The highest BCUT2D eigenvalue weighted by Crippen LogP contribution is 2.30. The van der Waals surface area contributed by atoms with Crippen molar-refractivity contribution in [2.75, 3.05) is 26.7 Å². The molecule has 128 valence electrons. The summed E-state index contributed by atoms with van der Waals surface area (Å²) in [7, 11) is 1.92. The molecule has 0 aromatic heterocycles. The van der Waals surface area contributed by atoms with Crippen LogP contribution in [0.2, 0.25) is 0 Å². The molecule has 8 heteroatoms. The van der Waals surface area contributed by atoms with Gasteiger partial charge in [-0.1, -0.05) is 12.1 Å². The number of hydrogen-bond donors (Lipinski definition) is 0. The number of amides is 1. The standard InChI is InChI=1S/C15H18F4N2O2/c1-10-9-21(8-7-20(10)2)13(22)11-5-3-4-6-12(11)23-15(18,19)14(16)17/h3-6,10,14H,7-9H2,1-2H3. The number of nitrogens with zero attached hydrogens (tertiary/aromatic N) is 2. The Hall–Kier alpha value is -1.83. The average Bonchev–Trinajstić information content (AvgIpc) is 2.49. The van der Waals surface area contributed by atoms with E-state index in [1.54, 1.807) is 0 Å². The summed E-state index contributed by atoms with van der Waals surface area (Å²) in [4.78, 5) is 16.1. The fourth-order valence-corrected chi connectivity index (χ4v) is 2.33. The highest BCUT2D eigenvalue weighted by atomic mass is 19.3. The Kier molecular flexibility index (Phi) is 5.13. The number of alkyl halides is 4. The molecular formula is C15H18F4N2O2. The van der Waals surface area contributed by atoms with Crippen LogP contribution in [0.1, 0.15) is 17.3 Å². The number of piperazine rings is 1. The van der Waals surface area contributed by atoms with Crippen LogP contribution in [0.4, 0.5) is 17.6 Å². The monoisotopic (exact) mass is 334 g/mol. The van der Waals surface area contributed by atoms with E-state index in [9.17, 15) is 22.4 Å². The van der Waals surface area contributed by atoms with Gasteiger partial charge in [0, 0.05) is 25.7 Å². The summed E-state index contributed by atoms with van der Waals surface area (Å²) in [6, 6.07) is 5.31. The molecule has 1 unspecified atom stereocenters. The average molecular weight is 334 g/mol. The number of rotatable bonds is 4. The van der Waals surface area contributed by atoms with E-state index in [4.69, 9.17) is 0 Å². The summed E-state index contributed by atoms with van der Waals surface area (Å²) >= 11 is 0. The maximum Gasteiger partial charge on any atom is 0.461 e. The van der Waals surface area contributed by atoms with Crippen LogP contribution in [0.15, 0.2) is 24.3 Å². The van der Waals surface area contributed by atoms with Crippen molar-refractivity contribution in [3.8, 4) is 5.75 Å². The molecule has 1 aliphatic rings. The highest BCUT2D eigenvalue weighted by molar-refractivity contribution is 5.97. The Morgan fingerprint density at radius 2 is 1.96 bits per heavy atom. The summed E-state index contributed by atoms with van der Waals surface area (Å²) in [5.74, 6) is -1.06. The van der Waals surface area contributed by atoms with Crippen LogP contribution in [0, 0.1) is 0 Å². The third kappa shape index (κ3) is 3.93. The van der Waals surface area contributed by atoms with E-state index in [1.165, 1.54) is 23.1 Å². The Labute approximate surface area is 131 Å². The number of para-hydroxylation sites is 1. The highest BCUT2D eigenvalue weighted by Gasteiger charge is 2.44. The molecule has 0 N–H and O–H groups in total. The lowest BCUT2D eigenvalue weighted by Crippen LogP contribution is -2.52. The lowest BCUT2D eigenvalue weighted by atomic mass is 10.1. The quantitative estimate of drug-likeness (QED) is 0.794. The van der Waals surface area contributed by atoms with Crippen LogP contribution in [-0.4, -0.2) is 61.0 Å². The van der Waals surface area contributed by atoms with Crippen LogP contribution in [0.3, 0.4) is 0 Å². The molecule has 4 nitrogen and oxygen atoms in total. The summed E-state index contributed by atoms with van der Waals surface area (Å²) in [6.07, 6.45) is -8.62. The molecule has 1 aromatic carbocycles. The fourth-order valence-electron chi connectivity index (χ4n) is 2.33. The van der Waals surface area contributed by atoms with E-state index in [1.807, 2.05) is 14.0 Å². The number of ether oxygens (including phenoxy) is 1. The van der Waals surface area contributed by atoms with E-state index in [2.05, 4.69) is 9.64 Å². The van der Waals surface area contributed by atoms with Gasteiger partial charge >= 0.3 is 12.5 Å². The summed E-state index contributed by atoms with van der Waals surface area (Å²) < 4.78 is 55.0. The normalized spacial score (nSPS) is 20.0. The molecule has 0 bridgehead atoms. The molecule has 0 radical (unpaired) electrons. The lowest BCUT2D eigenvalue weighted by Gasteiger charge is -2.37. The van der Waals surface area contributed by atoms with Crippen molar-refractivity contribution in [3.05, 3.63) is 29.8 Å². The number of halogens is 4. The van der Waals surface area contributed by atoms with Crippen LogP contribution in [-0.2, 0) is 0 Å². The lowest BCUT2D eigenvalue weighted by molar-refractivity contribution is -0.253. The zero-order chi connectivity index (χ0) is 17.2. The SMILES string of the molecule is CC1CN(C(=O)c2ccccc2OC(F)(F)C(F)F)CCN1C. The predicted molar refractivity (Wildman–Crippen MR) is 76.0 cm³/mol. The summed E-state index contributed by atoms with van der Waals surface area (Å²) in [5, 5.41) is 0. The summed E-state index contributed by atoms with van der Waals surface area (Å²) in [6.45, 7) is 3.43. The molecule has 0 saturated carbocycles. The Balaban J connectivity index is 2.21. The first kappa shape index (κ1) is 17.5. The van der Waals surface area contributed by atoms with Crippen molar-refractivity contribution in [2.24, 2.45) is 0 Å². The van der Waals surface area contributed by atoms with Gasteiger partial charge in [-0.2, -0.15) is 17.6 Å². The maximum absolute atomic E-state index is 13.1. The second-order valence-electron chi connectivity index (χ2n) is 5.54. The largest absolute Gasteiger partial charge is 0.461 e. The molecular weight excluding hydrogens is 316 g/mol. The second kappa shape index (κ2) is 6.74. The molecule has 1 aromatic rings. The van der Waals surface area contributed by atoms with E-state index < -0.39 is 24.2 Å². The zero-order valence-corrected chi connectivity index (χ0v) is 12.8. The van der Waals surface area contributed by atoms with Crippen molar-refractivity contribution in [3.63, 3.8) is 0 Å². The summed E-state index contributed by atoms with van der Waals surface area (Å²) in [5.41, 5.74) is -0.149. The maximum atomic E-state index is 13.1. The number of hydrogen-bond acceptors (Lipinski definition) is 3. The molecule has 0 spiro atoms. The number of likely N-dealkylation sites (N-methyl/N-ethyl adjacent to an activating group) is 1. The van der Waals surface area contributed by atoms with E-state index in [-0.39, 0.29) is 11.6 Å². The predicted octanol–water partition coefficient (Wildman–Crippen LogP) is 2.70. The molecule has 1 heterocycles. The molecule has 1 amide bonds. The number of carbonyl (C=O) groups is 1. The van der Waals surface area contributed by atoms with Crippen LogP contribution < -0.4 is 4.74 Å². The molecule has 1 aliphatic heterocycles. The van der Waals surface area contributed by atoms with Gasteiger partial charge in [-0.15, -0.1) is 0 Å². The van der Waals surface area contributed by atoms with Gasteiger partial charge in [0.1, 0.15) is 5.75 Å². The number of carbonyl (C=O) groups excluding carboxylic acids is 1. The third-order valence-corrected chi connectivity index (χ3v) is 3.86. The van der Waals surface area contributed by atoms with Gasteiger partial charge < -0.3 is 14.5 Å². The van der Waals surface area contributed by atoms with Gasteiger partial charge in [0.25, 0.3) is 5.91 Å². The first-order valence-electron chi connectivity index (χ1n) is 7.16. The Morgan fingerprint density at radius 3 is 2.57 bits per heavy atom. The number of benzene rings is 1. The smallest absolute Gasteiger partial charge is 0.427 e. The Bertz CT molecular complexity index is 568. The molecule has 1 fully saturated rings. The molecule has 2 rings (SSSR count). The van der Waals surface area contributed by atoms with Gasteiger partial charge in [-0.3, -0.25) is 4.79 Å². The first-order chi connectivity index (χ1) is 10.7. The van der Waals surface area contributed by atoms with E-state index >= 15 is 0 Å². The zero-order valence-electron chi connectivity index (χ0n) is 12.8. The minimum Gasteiger partial charge on any atom is -0.427 e. The minimum absolute atomic E-state index is 0.114. The molecule has 23 heavy (non-hydrogen) atoms. The van der Waals surface area contributed by atoms with Crippen LogP contribution in [0.5, 0.6) is 5.75 Å². The van der Waals surface area contributed by atoms with Gasteiger partial charge in [0.05, 0.1) is 5.56 Å². The minimum atomic E-state index is -4.65. The van der Waals surface area contributed by atoms with Gasteiger partial charge in [0.15, 0.2) is 0 Å².